The Kier molecular flexibility index (Phi) is 3.54. The Morgan fingerprint density at radius 3 is 2.55 bits per heavy atom. The summed E-state index contributed by atoms with van der Waals surface area (Å²) in [4.78, 5) is 8.72. The Morgan fingerprint density at radius 1 is 1.05 bits per heavy atom. The molecule has 0 aliphatic heterocycles. The molecule has 4 heteroatoms. The van der Waals surface area contributed by atoms with E-state index in [2.05, 4.69) is 34.2 Å². The van der Waals surface area contributed by atoms with Gasteiger partial charge in [-0.3, -0.25) is 4.98 Å². The second-order valence-electron chi connectivity index (χ2n) is 4.54. The van der Waals surface area contributed by atoms with E-state index >= 15 is 0 Å². The lowest BCUT2D eigenvalue weighted by Gasteiger charge is -2.09. The maximum atomic E-state index is 5.43. The maximum absolute atomic E-state index is 5.43. The van der Waals surface area contributed by atoms with Gasteiger partial charge in [-0.05, 0) is 24.1 Å². The number of aromatic nitrogens is 3. The molecule has 2 aromatic heterocycles. The minimum atomic E-state index is 0.126. The van der Waals surface area contributed by atoms with Gasteiger partial charge in [0, 0.05) is 6.20 Å². The van der Waals surface area contributed by atoms with E-state index in [9.17, 15) is 0 Å². The molecule has 0 unspecified atom stereocenters. The van der Waals surface area contributed by atoms with Gasteiger partial charge >= 0.3 is 0 Å². The van der Waals surface area contributed by atoms with E-state index in [0.29, 0.717) is 11.7 Å². The van der Waals surface area contributed by atoms with Gasteiger partial charge in [0.2, 0.25) is 11.7 Å². The number of benzene rings is 1. The third kappa shape index (κ3) is 2.45. The van der Waals surface area contributed by atoms with Gasteiger partial charge in [0.15, 0.2) is 0 Å². The largest absolute Gasteiger partial charge is 0.338 e. The molecular formula is C16H15N3O. The molecule has 0 amide bonds. The molecule has 3 aromatic rings. The first kappa shape index (κ1) is 12.5. The van der Waals surface area contributed by atoms with Gasteiger partial charge < -0.3 is 4.52 Å². The van der Waals surface area contributed by atoms with Crippen LogP contribution in [0.3, 0.4) is 0 Å². The van der Waals surface area contributed by atoms with E-state index in [-0.39, 0.29) is 5.92 Å². The monoisotopic (exact) mass is 265 g/mol. The maximum Gasteiger partial charge on any atom is 0.234 e. The average Bonchev–Trinajstić information content (AvgIpc) is 3.00. The lowest BCUT2D eigenvalue weighted by atomic mass is 9.96. The normalized spacial score (nSPS) is 12.2. The summed E-state index contributed by atoms with van der Waals surface area (Å²) in [7, 11) is 0. The summed E-state index contributed by atoms with van der Waals surface area (Å²) >= 11 is 0. The summed E-state index contributed by atoms with van der Waals surface area (Å²) < 4.78 is 5.43. The fraction of sp³-hybridized carbons (Fsp3) is 0.188. The highest BCUT2D eigenvalue weighted by Crippen LogP contribution is 2.27. The van der Waals surface area contributed by atoms with Crippen LogP contribution in [0.2, 0.25) is 0 Å². The van der Waals surface area contributed by atoms with Crippen LogP contribution in [0.25, 0.3) is 11.5 Å². The number of nitrogens with zero attached hydrogens (tertiary/aromatic N) is 3. The van der Waals surface area contributed by atoms with Gasteiger partial charge in [-0.2, -0.15) is 4.98 Å². The van der Waals surface area contributed by atoms with Crippen LogP contribution in [-0.4, -0.2) is 15.1 Å². The quantitative estimate of drug-likeness (QED) is 0.722. The molecule has 0 fully saturated rings. The molecule has 0 N–H and O–H groups in total. The van der Waals surface area contributed by atoms with E-state index in [1.807, 2.05) is 36.4 Å². The molecular weight excluding hydrogens is 250 g/mol. The van der Waals surface area contributed by atoms with E-state index < -0.39 is 0 Å². The summed E-state index contributed by atoms with van der Waals surface area (Å²) in [6, 6.07) is 15.9. The van der Waals surface area contributed by atoms with Gasteiger partial charge in [0.25, 0.3) is 0 Å². The molecule has 0 spiro atoms. The van der Waals surface area contributed by atoms with Crippen molar-refractivity contribution < 1.29 is 4.52 Å². The molecule has 3 rings (SSSR count). The first-order chi connectivity index (χ1) is 9.88. The fourth-order valence-corrected chi connectivity index (χ4v) is 2.21. The van der Waals surface area contributed by atoms with Crippen molar-refractivity contribution in [3.8, 4) is 11.5 Å². The Bertz CT molecular complexity index is 664. The van der Waals surface area contributed by atoms with Crippen molar-refractivity contribution >= 4 is 0 Å². The van der Waals surface area contributed by atoms with Crippen LogP contribution in [0.5, 0.6) is 0 Å². The van der Waals surface area contributed by atoms with Gasteiger partial charge in [0.05, 0.1) is 5.92 Å². The summed E-state index contributed by atoms with van der Waals surface area (Å²) in [5.41, 5.74) is 1.91. The molecule has 0 aliphatic carbocycles. The fourth-order valence-electron chi connectivity index (χ4n) is 2.21. The summed E-state index contributed by atoms with van der Waals surface area (Å²) in [5, 5.41) is 4.03. The zero-order valence-electron chi connectivity index (χ0n) is 11.2. The molecule has 2 heterocycles. The van der Waals surface area contributed by atoms with Crippen LogP contribution in [0.1, 0.15) is 30.7 Å². The van der Waals surface area contributed by atoms with E-state index in [1.54, 1.807) is 6.20 Å². The number of hydrogen-bond donors (Lipinski definition) is 0. The van der Waals surface area contributed by atoms with Crippen molar-refractivity contribution in [3.63, 3.8) is 0 Å². The summed E-state index contributed by atoms with van der Waals surface area (Å²) in [5.74, 6) is 1.30. The molecule has 20 heavy (non-hydrogen) atoms. The molecule has 0 radical (unpaired) electrons. The Labute approximate surface area is 117 Å². The molecule has 0 saturated heterocycles. The topological polar surface area (TPSA) is 51.8 Å². The Hall–Kier alpha value is -2.49. The Balaban J connectivity index is 1.93. The molecule has 1 atom stereocenters. The summed E-state index contributed by atoms with van der Waals surface area (Å²) in [6.07, 6.45) is 2.63. The smallest absolute Gasteiger partial charge is 0.234 e. The van der Waals surface area contributed by atoms with Crippen LogP contribution in [0.15, 0.2) is 59.3 Å². The van der Waals surface area contributed by atoms with Gasteiger partial charge in [-0.15, -0.1) is 0 Å². The zero-order chi connectivity index (χ0) is 13.8. The minimum absolute atomic E-state index is 0.126. The van der Waals surface area contributed by atoms with Crippen molar-refractivity contribution in [2.75, 3.05) is 0 Å². The van der Waals surface area contributed by atoms with Crippen molar-refractivity contribution in [1.29, 1.82) is 0 Å². The van der Waals surface area contributed by atoms with E-state index in [4.69, 9.17) is 4.52 Å². The minimum Gasteiger partial charge on any atom is -0.338 e. The molecule has 0 bridgehead atoms. The molecule has 0 aliphatic rings. The second kappa shape index (κ2) is 5.65. The predicted octanol–water partition coefficient (Wildman–Crippen LogP) is 3.67. The van der Waals surface area contributed by atoms with Crippen LogP contribution in [0.4, 0.5) is 0 Å². The highest BCUT2D eigenvalue weighted by molar-refractivity contribution is 5.47. The zero-order valence-corrected chi connectivity index (χ0v) is 11.2. The molecule has 0 saturated carbocycles. The Morgan fingerprint density at radius 2 is 1.85 bits per heavy atom. The average molecular weight is 265 g/mol. The molecule has 1 aromatic carbocycles. The van der Waals surface area contributed by atoms with Crippen LogP contribution >= 0.6 is 0 Å². The number of rotatable bonds is 4. The third-order valence-electron chi connectivity index (χ3n) is 3.24. The van der Waals surface area contributed by atoms with Crippen LogP contribution in [-0.2, 0) is 0 Å². The molecule has 100 valence electrons. The van der Waals surface area contributed by atoms with Crippen molar-refractivity contribution in [1.82, 2.24) is 15.1 Å². The van der Waals surface area contributed by atoms with Gasteiger partial charge in [0.1, 0.15) is 5.69 Å². The van der Waals surface area contributed by atoms with Crippen molar-refractivity contribution in [2.24, 2.45) is 0 Å². The SMILES string of the molecule is CC[C@@H](c1ccccc1)c1nc(-c2ccccn2)no1. The number of pyridine rings is 1. The lowest BCUT2D eigenvalue weighted by Crippen LogP contribution is -1.99. The second-order valence-corrected chi connectivity index (χ2v) is 4.54. The molecule has 4 nitrogen and oxygen atoms in total. The van der Waals surface area contributed by atoms with Gasteiger partial charge in [-0.1, -0.05) is 48.5 Å². The first-order valence-electron chi connectivity index (χ1n) is 6.68. The lowest BCUT2D eigenvalue weighted by molar-refractivity contribution is 0.363. The van der Waals surface area contributed by atoms with Crippen molar-refractivity contribution in [2.45, 2.75) is 19.3 Å². The van der Waals surface area contributed by atoms with Crippen molar-refractivity contribution in [3.05, 3.63) is 66.2 Å². The van der Waals surface area contributed by atoms with E-state index in [1.165, 1.54) is 5.56 Å². The standard InChI is InChI=1S/C16H15N3O/c1-2-13(12-8-4-3-5-9-12)16-18-15(19-20-16)14-10-6-7-11-17-14/h3-11,13H,2H2,1H3/t13-/m0/s1. The highest BCUT2D eigenvalue weighted by Gasteiger charge is 2.19. The number of hydrogen-bond acceptors (Lipinski definition) is 4. The van der Waals surface area contributed by atoms with Gasteiger partial charge in [-0.25, -0.2) is 0 Å². The van der Waals surface area contributed by atoms with Crippen LogP contribution in [0, 0.1) is 0 Å². The van der Waals surface area contributed by atoms with E-state index in [0.717, 1.165) is 12.1 Å². The van der Waals surface area contributed by atoms with Crippen LogP contribution < -0.4 is 0 Å². The third-order valence-corrected chi connectivity index (χ3v) is 3.24. The highest BCUT2D eigenvalue weighted by atomic mass is 16.5. The summed E-state index contributed by atoms with van der Waals surface area (Å²) in [6.45, 7) is 2.11. The predicted molar refractivity (Wildman–Crippen MR) is 76.1 cm³/mol. The first-order valence-corrected chi connectivity index (χ1v) is 6.68.